The lowest BCUT2D eigenvalue weighted by Crippen LogP contribution is -2.33. The van der Waals surface area contributed by atoms with Crippen molar-refractivity contribution in [2.75, 3.05) is 26.8 Å². The number of rotatable bonds is 2. The van der Waals surface area contributed by atoms with E-state index in [1.54, 1.807) is 7.11 Å². The summed E-state index contributed by atoms with van der Waals surface area (Å²) in [6, 6.07) is 0. The molecule has 1 aliphatic heterocycles. The third-order valence-electron chi connectivity index (χ3n) is 3.03. The van der Waals surface area contributed by atoms with Gasteiger partial charge in [0.1, 0.15) is 6.61 Å². The number of methoxy groups -OCH3 is 1. The van der Waals surface area contributed by atoms with Gasteiger partial charge in [-0.05, 0) is 17.8 Å². The normalized spacial score (nSPS) is 22.9. The van der Waals surface area contributed by atoms with Crippen LogP contribution < -0.4 is 0 Å². The van der Waals surface area contributed by atoms with Crippen molar-refractivity contribution in [2.24, 2.45) is 11.3 Å². The van der Waals surface area contributed by atoms with Gasteiger partial charge in [0.05, 0.1) is 0 Å². The SMILES string of the molecule is COCC(=O)N1CCC(C(C)(C)C)C1. The van der Waals surface area contributed by atoms with Crippen LogP contribution in [0.1, 0.15) is 27.2 Å². The maximum atomic E-state index is 11.5. The van der Waals surface area contributed by atoms with E-state index in [-0.39, 0.29) is 12.5 Å². The van der Waals surface area contributed by atoms with E-state index in [0.29, 0.717) is 11.3 Å². The minimum atomic E-state index is 0.124. The van der Waals surface area contributed by atoms with Gasteiger partial charge in [-0.25, -0.2) is 0 Å². The van der Waals surface area contributed by atoms with Gasteiger partial charge < -0.3 is 9.64 Å². The zero-order chi connectivity index (χ0) is 10.8. The molecule has 0 aromatic heterocycles. The minimum absolute atomic E-state index is 0.124. The van der Waals surface area contributed by atoms with Crippen molar-refractivity contribution in [1.82, 2.24) is 4.90 Å². The molecular weight excluding hydrogens is 178 g/mol. The monoisotopic (exact) mass is 199 g/mol. The molecule has 82 valence electrons. The zero-order valence-electron chi connectivity index (χ0n) is 9.67. The number of carbonyl (C=O) groups is 1. The quantitative estimate of drug-likeness (QED) is 0.675. The van der Waals surface area contributed by atoms with Gasteiger partial charge in [0.2, 0.25) is 5.91 Å². The van der Waals surface area contributed by atoms with Gasteiger partial charge in [0, 0.05) is 20.2 Å². The molecule has 0 N–H and O–H groups in total. The van der Waals surface area contributed by atoms with Gasteiger partial charge in [-0.3, -0.25) is 4.79 Å². The van der Waals surface area contributed by atoms with Crippen molar-refractivity contribution in [1.29, 1.82) is 0 Å². The molecule has 0 aromatic carbocycles. The van der Waals surface area contributed by atoms with E-state index >= 15 is 0 Å². The smallest absolute Gasteiger partial charge is 0.248 e. The van der Waals surface area contributed by atoms with E-state index in [0.717, 1.165) is 19.5 Å². The first-order chi connectivity index (χ1) is 6.45. The molecule has 3 nitrogen and oxygen atoms in total. The van der Waals surface area contributed by atoms with E-state index in [1.807, 2.05) is 4.90 Å². The molecule has 1 aliphatic rings. The molecule has 1 rings (SSSR count). The highest BCUT2D eigenvalue weighted by Gasteiger charge is 2.33. The van der Waals surface area contributed by atoms with Crippen molar-refractivity contribution in [3.63, 3.8) is 0 Å². The Hall–Kier alpha value is -0.570. The summed E-state index contributed by atoms with van der Waals surface area (Å²) < 4.78 is 4.85. The molecule has 1 unspecified atom stereocenters. The second kappa shape index (κ2) is 4.30. The molecule has 0 aliphatic carbocycles. The van der Waals surface area contributed by atoms with Crippen molar-refractivity contribution in [2.45, 2.75) is 27.2 Å². The second-order valence-corrected chi connectivity index (χ2v) is 5.12. The minimum Gasteiger partial charge on any atom is -0.375 e. The third kappa shape index (κ3) is 2.71. The lowest BCUT2D eigenvalue weighted by atomic mass is 9.80. The molecule has 1 atom stereocenters. The van der Waals surface area contributed by atoms with Crippen LogP contribution >= 0.6 is 0 Å². The number of hydrogen-bond acceptors (Lipinski definition) is 2. The molecule has 0 spiro atoms. The number of nitrogens with zero attached hydrogens (tertiary/aromatic N) is 1. The van der Waals surface area contributed by atoms with E-state index in [9.17, 15) is 4.79 Å². The Morgan fingerprint density at radius 1 is 1.50 bits per heavy atom. The Labute approximate surface area is 86.4 Å². The molecule has 1 heterocycles. The Balaban J connectivity index is 2.45. The Bertz CT molecular complexity index is 208. The summed E-state index contributed by atoms with van der Waals surface area (Å²) in [6.45, 7) is 8.72. The van der Waals surface area contributed by atoms with Crippen LogP contribution in [0.4, 0.5) is 0 Å². The standard InChI is InChI=1S/C11H21NO2/c1-11(2,3)9-5-6-12(7-9)10(13)8-14-4/h9H,5-8H2,1-4H3. The van der Waals surface area contributed by atoms with Gasteiger partial charge in [-0.15, -0.1) is 0 Å². The molecular formula is C11H21NO2. The molecule has 1 amide bonds. The highest BCUT2D eigenvalue weighted by Crippen LogP contribution is 2.33. The van der Waals surface area contributed by atoms with Crippen LogP contribution in [0.2, 0.25) is 0 Å². The Kier molecular flexibility index (Phi) is 3.53. The van der Waals surface area contributed by atoms with Crippen LogP contribution in [0.5, 0.6) is 0 Å². The van der Waals surface area contributed by atoms with Gasteiger partial charge in [-0.2, -0.15) is 0 Å². The van der Waals surface area contributed by atoms with E-state index in [4.69, 9.17) is 4.74 Å². The second-order valence-electron chi connectivity index (χ2n) is 5.12. The average Bonchev–Trinajstić information content (AvgIpc) is 2.51. The van der Waals surface area contributed by atoms with Gasteiger partial charge >= 0.3 is 0 Å². The van der Waals surface area contributed by atoms with Gasteiger partial charge in [0.25, 0.3) is 0 Å². The summed E-state index contributed by atoms with van der Waals surface area (Å²) in [5.74, 6) is 0.752. The third-order valence-corrected chi connectivity index (χ3v) is 3.03. The summed E-state index contributed by atoms with van der Waals surface area (Å²) >= 11 is 0. The summed E-state index contributed by atoms with van der Waals surface area (Å²) in [4.78, 5) is 13.4. The van der Waals surface area contributed by atoms with E-state index < -0.39 is 0 Å². The summed E-state index contributed by atoms with van der Waals surface area (Å²) in [5, 5.41) is 0. The van der Waals surface area contributed by atoms with Crippen LogP contribution in [0.3, 0.4) is 0 Å². The molecule has 3 heteroatoms. The molecule has 1 saturated heterocycles. The van der Waals surface area contributed by atoms with E-state index in [2.05, 4.69) is 20.8 Å². The largest absolute Gasteiger partial charge is 0.375 e. The van der Waals surface area contributed by atoms with Crippen LogP contribution in [-0.2, 0) is 9.53 Å². The first-order valence-corrected chi connectivity index (χ1v) is 5.22. The fourth-order valence-electron chi connectivity index (χ4n) is 1.91. The molecule has 0 bridgehead atoms. The number of likely N-dealkylation sites (tertiary alicyclic amines) is 1. The van der Waals surface area contributed by atoms with Crippen LogP contribution in [0, 0.1) is 11.3 Å². The maximum Gasteiger partial charge on any atom is 0.248 e. The Morgan fingerprint density at radius 3 is 2.57 bits per heavy atom. The molecule has 14 heavy (non-hydrogen) atoms. The van der Waals surface area contributed by atoms with Crippen LogP contribution in [-0.4, -0.2) is 37.6 Å². The summed E-state index contributed by atoms with van der Waals surface area (Å²) in [7, 11) is 1.56. The molecule has 0 radical (unpaired) electrons. The first-order valence-electron chi connectivity index (χ1n) is 5.22. The van der Waals surface area contributed by atoms with Crippen molar-refractivity contribution >= 4 is 5.91 Å². The highest BCUT2D eigenvalue weighted by atomic mass is 16.5. The zero-order valence-corrected chi connectivity index (χ0v) is 9.67. The number of amides is 1. The lowest BCUT2D eigenvalue weighted by molar-refractivity contribution is -0.134. The summed E-state index contributed by atoms with van der Waals surface area (Å²) in [5.41, 5.74) is 0.308. The molecule has 1 fully saturated rings. The highest BCUT2D eigenvalue weighted by molar-refractivity contribution is 5.77. The predicted molar refractivity (Wildman–Crippen MR) is 56.0 cm³/mol. The number of carbonyl (C=O) groups excluding carboxylic acids is 1. The van der Waals surface area contributed by atoms with Gasteiger partial charge in [-0.1, -0.05) is 20.8 Å². The fourth-order valence-corrected chi connectivity index (χ4v) is 1.91. The lowest BCUT2D eigenvalue weighted by Gasteiger charge is -2.26. The maximum absolute atomic E-state index is 11.5. The van der Waals surface area contributed by atoms with Crippen LogP contribution in [0.15, 0.2) is 0 Å². The molecule has 0 aromatic rings. The van der Waals surface area contributed by atoms with Crippen molar-refractivity contribution in [3.8, 4) is 0 Å². The number of hydrogen-bond donors (Lipinski definition) is 0. The van der Waals surface area contributed by atoms with Crippen molar-refractivity contribution < 1.29 is 9.53 Å². The van der Waals surface area contributed by atoms with Crippen molar-refractivity contribution in [3.05, 3.63) is 0 Å². The topological polar surface area (TPSA) is 29.5 Å². The fraction of sp³-hybridized carbons (Fsp3) is 0.909. The van der Waals surface area contributed by atoms with Crippen LogP contribution in [0.25, 0.3) is 0 Å². The first kappa shape index (κ1) is 11.5. The Morgan fingerprint density at radius 2 is 2.14 bits per heavy atom. The molecule has 0 saturated carbocycles. The average molecular weight is 199 g/mol. The van der Waals surface area contributed by atoms with Gasteiger partial charge in [0.15, 0.2) is 0 Å². The summed E-state index contributed by atoms with van der Waals surface area (Å²) in [6.07, 6.45) is 1.12. The van der Waals surface area contributed by atoms with E-state index in [1.165, 1.54) is 0 Å². The number of ether oxygens (including phenoxy) is 1. The predicted octanol–water partition coefficient (Wildman–Crippen LogP) is 1.53.